The molecule has 2 amide bonds. The van der Waals surface area contributed by atoms with Crippen LogP contribution in [0, 0.1) is 0 Å². The van der Waals surface area contributed by atoms with E-state index < -0.39 is 0 Å². The van der Waals surface area contributed by atoms with Crippen molar-refractivity contribution < 1.29 is 9.59 Å². The highest BCUT2D eigenvalue weighted by Gasteiger charge is 2.31. The number of hydrogen-bond donors (Lipinski definition) is 2. The minimum Gasteiger partial charge on any atom is -0.342 e. The number of aromatic nitrogens is 3. The van der Waals surface area contributed by atoms with Crippen LogP contribution in [-0.2, 0) is 4.79 Å². The lowest BCUT2D eigenvalue weighted by Crippen LogP contribution is -2.24. The number of fused-ring (bicyclic) bond motifs is 1. The smallest absolute Gasteiger partial charge is 0.272 e. The van der Waals surface area contributed by atoms with Gasteiger partial charge >= 0.3 is 0 Å². The zero-order valence-electron chi connectivity index (χ0n) is 14.8. The third-order valence-electron chi connectivity index (χ3n) is 4.81. The molecule has 0 aliphatic carbocycles. The Kier molecular flexibility index (Phi) is 4.23. The Bertz CT molecular complexity index is 1070. The first-order valence-electron chi connectivity index (χ1n) is 8.82. The maximum atomic E-state index is 12.6. The number of nitrogens with zero attached hydrogens (tertiary/aromatic N) is 3. The standard InChI is InChI=1S/C19H19N5O3/c1-2-23-11-12(8-16(23)25)15-9-17(26)24-18(22-15)14(10-20-24)19(27)21-13-6-4-3-5-7-13/h3-7,9-10,12,20H,2,8,11H2,1H3,(H,21,27)/t12-/m1/s1. The van der Waals surface area contributed by atoms with Crippen molar-refractivity contribution in [3.05, 3.63) is 64.2 Å². The second-order valence-electron chi connectivity index (χ2n) is 6.52. The lowest BCUT2D eigenvalue weighted by Gasteiger charge is -2.13. The Labute approximate surface area is 154 Å². The first-order valence-corrected chi connectivity index (χ1v) is 8.82. The summed E-state index contributed by atoms with van der Waals surface area (Å²) in [5, 5.41) is 5.56. The van der Waals surface area contributed by atoms with Gasteiger partial charge in [-0.25, -0.2) is 9.50 Å². The zero-order chi connectivity index (χ0) is 19.0. The van der Waals surface area contributed by atoms with Gasteiger partial charge in [0.05, 0.1) is 5.69 Å². The average molecular weight is 365 g/mol. The molecule has 138 valence electrons. The summed E-state index contributed by atoms with van der Waals surface area (Å²) in [7, 11) is 0. The molecule has 8 heteroatoms. The quantitative estimate of drug-likeness (QED) is 0.734. The summed E-state index contributed by atoms with van der Waals surface area (Å²) in [6, 6.07) is 10.5. The van der Waals surface area contributed by atoms with Crippen molar-refractivity contribution in [3.8, 4) is 0 Å². The molecule has 1 fully saturated rings. The molecule has 4 rings (SSSR count). The van der Waals surface area contributed by atoms with Crippen molar-refractivity contribution in [1.82, 2.24) is 19.5 Å². The highest BCUT2D eigenvalue weighted by atomic mass is 16.2. The van der Waals surface area contributed by atoms with Crippen LogP contribution in [0.4, 0.5) is 5.69 Å². The highest BCUT2D eigenvalue weighted by Crippen LogP contribution is 2.26. The normalized spacial score (nSPS) is 16.9. The number of anilines is 1. The van der Waals surface area contributed by atoms with Crippen LogP contribution in [0.15, 0.2) is 47.4 Å². The van der Waals surface area contributed by atoms with Gasteiger partial charge in [-0.2, -0.15) is 0 Å². The highest BCUT2D eigenvalue weighted by molar-refractivity contribution is 6.08. The summed E-state index contributed by atoms with van der Waals surface area (Å²) in [5.74, 6) is -0.447. The monoisotopic (exact) mass is 365 g/mol. The number of benzene rings is 1. The molecule has 0 saturated carbocycles. The molecule has 2 aromatic heterocycles. The molecule has 0 bridgehead atoms. The topological polar surface area (TPSA) is 99.6 Å². The van der Waals surface area contributed by atoms with E-state index in [0.29, 0.717) is 30.9 Å². The van der Waals surface area contributed by atoms with E-state index in [1.807, 2.05) is 25.1 Å². The van der Waals surface area contributed by atoms with Crippen molar-refractivity contribution in [2.75, 3.05) is 18.4 Å². The third kappa shape index (κ3) is 3.10. The Hall–Kier alpha value is -3.42. The fourth-order valence-corrected chi connectivity index (χ4v) is 3.37. The molecule has 1 aromatic carbocycles. The fourth-order valence-electron chi connectivity index (χ4n) is 3.37. The third-order valence-corrected chi connectivity index (χ3v) is 4.81. The van der Waals surface area contributed by atoms with Crippen LogP contribution in [0.5, 0.6) is 0 Å². The van der Waals surface area contributed by atoms with E-state index in [-0.39, 0.29) is 34.5 Å². The summed E-state index contributed by atoms with van der Waals surface area (Å²) >= 11 is 0. The van der Waals surface area contributed by atoms with Crippen molar-refractivity contribution >= 4 is 23.1 Å². The molecule has 3 aromatic rings. The van der Waals surface area contributed by atoms with Gasteiger partial charge in [0.2, 0.25) is 5.91 Å². The fraction of sp³-hybridized carbons (Fsp3) is 0.263. The number of carbonyl (C=O) groups excluding carboxylic acids is 2. The Balaban J connectivity index is 1.69. The predicted octanol–water partition coefficient (Wildman–Crippen LogP) is 1.61. The summed E-state index contributed by atoms with van der Waals surface area (Å²) in [6.07, 6.45) is 1.79. The van der Waals surface area contributed by atoms with Gasteiger partial charge in [0.25, 0.3) is 11.5 Å². The van der Waals surface area contributed by atoms with Crippen molar-refractivity contribution in [2.24, 2.45) is 0 Å². The number of amides is 2. The summed E-state index contributed by atoms with van der Waals surface area (Å²) < 4.78 is 1.23. The van der Waals surface area contributed by atoms with Gasteiger partial charge in [0.15, 0.2) is 5.65 Å². The first-order chi connectivity index (χ1) is 13.1. The van der Waals surface area contributed by atoms with Crippen LogP contribution in [-0.4, -0.2) is 44.4 Å². The van der Waals surface area contributed by atoms with Crippen molar-refractivity contribution in [2.45, 2.75) is 19.3 Å². The Morgan fingerprint density at radius 1 is 1.30 bits per heavy atom. The molecule has 3 heterocycles. The molecule has 0 radical (unpaired) electrons. The number of para-hydroxylation sites is 1. The van der Waals surface area contributed by atoms with E-state index in [4.69, 9.17) is 0 Å². The molecular formula is C19H19N5O3. The molecule has 0 spiro atoms. The zero-order valence-corrected chi connectivity index (χ0v) is 14.8. The maximum Gasteiger partial charge on any atom is 0.272 e. The summed E-state index contributed by atoms with van der Waals surface area (Å²) in [6.45, 7) is 3.09. The molecule has 27 heavy (non-hydrogen) atoms. The molecule has 1 aliphatic heterocycles. The molecule has 2 N–H and O–H groups in total. The van der Waals surface area contributed by atoms with Gasteiger partial charge in [-0.1, -0.05) is 18.2 Å². The molecule has 1 atom stereocenters. The van der Waals surface area contributed by atoms with Crippen LogP contribution in [0.3, 0.4) is 0 Å². The van der Waals surface area contributed by atoms with Gasteiger partial charge in [-0.3, -0.25) is 19.5 Å². The number of nitrogens with one attached hydrogen (secondary N) is 2. The van der Waals surface area contributed by atoms with E-state index in [2.05, 4.69) is 15.4 Å². The summed E-state index contributed by atoms with van der Waals surface area (Å²) in [4.78, 5) is 43.4. The summed E-state index contributed by atoms with van der Waals surface area (Å²) in [5.41, 5.74) is 1.41. The van der Waals surface area contributed by atoms with Gasteiger partial charge in [0.1, 0.15) is 5.56 Å². The minimum absolute atomic E-state index is 0.0561. The molecule has 1 saturated heterocycles. The van der Waals surface area contributed by atoms with Crippen LogP contribution in [0.1, 0.15) is 35.3 Å². The average Bonchev–Trinajstić information content (AvgIpc) is 3.26. The molecule has 8 nitrogen and oxygen atoms in total. The number of carbonyl (C=O) groups is 2. The van der Waals surface area contributed by atoms with E-state index in [0.717, 1.165) is 0 Å². The predicted molar refractivity (Wildman–Crippen MR) is 99.8 cm³/mol. The number of likely N-dealkylation sites (N-methyl/N-ethyl adjacent to an activating group) is 1. The number of H-pyrrole nitrogens is 1. The van der Waals surface area contributed by atoms with Gasteiger partial charge in [-0.15, -0.1) is 0 Å². The second-order valence-corrected chi connectivity index (χ2v) is 6.52. The van der Waals surface area contributed by atoms with Crippen LogP contribution < -0.4 is 10.9 Å². The van der Waals surface area contributed by atoms with E-state index >= 15 is 0 Å². The molecule has 1 aliphatic rings. The second kappa shape index (κ2) is 6.71. The van der Waals surface area contributed by atoms with Crippen molar-refractivity contribution in [3.63, 3.8) is 0 Å². The lowest BCUT2D eigenvalue weighted by molar-refractivity contribution is -0.127. The Morgan fingerprint density at radius 3 is 2.78 bits per heavy atom. The number of hydrogen-bond acceptors (Lipinski definition) is 4. The lowest BCUT2D eigenvalue weighted by atomic mass is 10.0. The van der Waals surface area contributed by atoms with Gasteiger partial charge < -0.3 is 10.2 Å². The first kappa shape index (κ1) is 17.0. The van der Waals surface area contributed by atoms with E-state index in [1.165, 1.54) is 16.8 Å². The maximum absolute atomic E-state index is 12.6. The number of likely N-dealkylation sites (tertiary alicyclic amines) is 1. The Morgan fingerprint density at radius 2 is 2.07 bits per heavy atom. The molecule has 0 unspecified atom stereocenters. The van der Waals surface area contributed by atoms with Crippen LogP contribution >= 0.6 is 0 Å². The number of aromatic amines is 1. The SMILES string of the molecule is CCN1C[C@H](c2cc(=O)n3[nH]cc(C(=O)Nc4ccccc4)c3n2)CC1=O. The number of rotatable bonds is 4. The van der Waals surface area contributed by atoms with Gasteiger partial charge in [0, 0.05) is 43.4 Å². The van der Waals surface area contributed by atoms with Gasteiger partial charge in [-0.05, 0) is 19.1 Å². The van der Waals surface area contributed by atoms with E-state index in [9.17, 15) is 14.4 Å². The largest absolute Gasteiger partial charge is 0.342 e. The molecular weight excluding hydrogens is 346 g/mol. The van der Waals surface area contributed by atoms with Crippen LogP contribution in [0.25, 0.3) is 5.65 Å². The minimum atomic E-state index is -0.360. The van der Waals surface area contributed by atoms with E-state index in [1.54, 1.807) is 17.0 Å². The van der Waals surface area contributed by atoms with Crippen LogP contribution in [0.2, 0.25) is 0 Å². The van der Waals surface area contributed by atoms with Crippen molar-refractivity contribution in [1.29, 1.82) is 0 Å².